The van der Waals surface area contributed by atoms with Gasteiger partial charge in [-0.3, -0.25) is 9.48 Å². The summed E-state index contributed by atoms with van der Waals surface area (Å²) in [5, 5.41) is 10.4. The van der Waals surface area contributed by atoms with Crippen molar-refractivity contribution in [2.75, 3.05) is 18.4 Å². The third-order valence-corrected chi connectivity index (χ3v) is 3.79. The Balaban J connectivity index is 0.00000176. The number of hydrogen-bond acceptors (Lipinski definition) is 3. The van der Waals surface area contributed by atoms with Crippen molar-refractivity contribution in [3.63, 3.8) is 0 Å². The average Bonchev–Trinajstić information content (AvgIpc) is 3.03. The van der Waals surface area contributed by atoms with Gasteiger partial charge in [-0.05, 0) is 43.1 Å². The molecule has 0 radical (unpaired) electrons. The van der Waals surface area contributed by atoms with E-state index in [-0.39, 0.29) is 24.2 Å². The highest BCUT2D eigenvalue weighted by Crippen LogP contribution is 2.15. The SMILES string of the molecule is Cl.O=C(Nc1ccc(Cn2cccn2)cc1)[C@@H]1CCCNC1. The zero-order chi connectivity index (χ0) is 14.5. The predicted molar refractivity (Wildman–Crippen MR) is 89.2 cm³/mol. The molecule has 2 aromatic rings. The normalized spacial score (nSPS) is 17.5. The summed E-state index contributed by atoms with van der Waals surface area (Å²) in [6.45, 7) is 2.54. The van der Waals surface area contributed by atoms with Gasteiger partial charge in [-0.15, -0.1) is 12.4 Å². The van der Waals surface area contributed by atoms with Crippen LogP contribution >= 0.6 is 12.4 Å². The molecule has 2 N–H and O–H groups in total. The maximum Gasteiger partial charge on any atom is 0.228 e. The standard InChI is InChI=1S/C16H20N4O.ClH/c21-16(14-3-1-8-17-11-14)19-15-6-4-13(5-7-15)12-20-10-2-9-18-20;/h2,4-7,9-10,14,17H,1,3,8,11-12H2,(H,19,21);1H/t14-;/m1./s1. The van der Waals surface area contributed by atoms with Gasteiger partial charge in [0.2, 0.25) is 5.91 Å². The van der Waals surface area contributed by atoms with E-state index >= 15 is 0 Å². The Hall–Kier alpha value is -1.85. The average molecular weight is 321 g/mol. The van der Waals surface area contributed by atoms with Crippen molar-refractivity contribution in [1.29, 1.82) is 0 Å². The fourth-order valence-electron chi connectivity index (χ4n) is 2.59. The molecular weight excluding hydrogens is 300 g/mol. The maximum atomic E-state index is 12.1. The van der Waals surface area contributed by atoms with E-state index in [9.17, 15) is 4.79 Å². The van der Waals surface area contributed by atoms with Gasteiger partial charge in [0.05, 0.1) is 12.5 Å². The molecule has 0 unspecified atom stereocenters. The lowest BCUT2D eigenvalue weighted by Gasteiger charge is -2.21. The molecule has 1 aliphatic heterocycles. The van der Waals surface area contributed by atoms with Gasteiger partial charge in [0.15, 0.2) is 0 Å². The predicted octanol–water partition coefficient (Wildman–Crippen LogP) is 2.29. The van der Waals surface area contributed by atoms with Crippen LogP contribution in [0, 0.1) is 5.92 Å². The summed E-state index contributed by atoms with van der Waals surface area (Å²) in [4.78, 5) is 12.1. The zero-order valence-corrected chi connectivity index (χ0v) is 13.2. The Bertz CT molecular complexity index is 577. The van der Waals surface area contributed by atoms with E-state index in [2.05, 4.69) is 15.7 Å². The minimum absolute atomic E-state index is 0. The van der Waals surface area contributed by atoms with Gasteiger partial charge in [0.1, 0.15) is 0 Å². The highest BCUT2D eigenvalue weighted by atomic mass is 35.5. The van der Waals surface area contributed by atoms with Crippen LogP contribution in [0.3, 0.4) is 0 Å². The molecule has 22 heavy (non-hydrogen) atoms. The van der Waals surface area contributed by atoms with Crippen LogP contribution in [-0.4, -0.2) is 28.8 Å². The first kappa shape index (κ1) is 16.5. The molecule has 1 atom stereocenters. The number of amides is 1. The van der Waals surface area contributed by atoms with Gasteiger partial charge in [-0.2, -0.15) is 5.10 Å². The van der Waals surface area contributed by atoms with E-state index < -0.39 is 0 Å². The molecule has 1 aromatic heterocycles. The van der Waals surface area contributed by atoms with Gasteiger partial charge in [-0.25, -0.2) is 0 Å². The van der Waals surface area contributed by atoms with Crippen molar-refractivity contribution in [2.45, 2.75) is 19.4 Å². The number of carbonyl (C=O) groups excluding carboxylic acids is 1. The molecule has 0 spiro atoms. The molecule has 5 nitrogen and oxygen atoms in total. The Kier molecular flexibility index (Phi) is 5.98. The number of nitrogens with one attached hydrogen (secondary N) is 2. The molecule has 0 aliphatic carbocycles. The summed E-state index contributed by atoms with van der Waals surface area (Å²) in [5.74, 6) is 0.199. The Morgan fingerprint density at radius 2 is 2.18 bits per heavy atom. The second-order valence-corrected chi connectivity index (χ2v) is 5.43. The molecule has 2 heterocycles. The first-order valence-electron chi connectivity index (χ1n) is 7.39. The quantitative estimate of drug-likeness (QED) is 0.908. The van der Waals surface area contributed by atoms with Crippen LogP contribution in [0.15, 0.2) is 42.7 Å². The zero-order valence-electron chi connectivity index (χ0n) is 12.4. The summed E-state index contributed by atoms with van der Waals surface area (Å²) in [5.41, 5.74) is 2.02. The van der Waals surface area contributed by atoms with E-state index in [1.165, 1.54) is 0 Å². The second kappa shape index (κ2) is 7.96. The van der Waals surface area contributed by atoms with Crippen LogP contribution < -0.4 is 10.6 Å². The van der Waals surface area contributed by atoms with Crippen molar-refractivity contribution in [2.24, 2.45) is 5.92 Å². The first-order chi connectivity index (χ1) is 10.3. The molecule has 1 aliphatic rings. The lowest BCUT2D eigenvalue weighted by atomic mass is 9.99. The summed E-state index contributed by atoms with van der Waals surface area (Å²) in [6, 6.07) is 9.86. The lowest BCUT2D eigenvalue weighted by molar-refractivity contribution is -0.120. The molecule has 6 heteroatoms. The number of halogens is 1. The van der Waals surface area contributed by atoms with E-state index in [0.717, 1.165) is 43.7 Å². The van der Waals surface area contributed by atoms with Crippen LogP contribution in [0.1, 0.15) is 18.4 Å². The third-order valence-electron chi connectivity index (χ3n) is 3.79. The topological polar surface area (TPSA) is 59.0 Å². The third kappa shape index (κ3) is 4.32. The molecule has 0 bridgehead atoms. The van der Waals surface area contributed by atoms with Crippen molar-refractivity contribution >= 4 is 24.0 Å². The fraction of sp³-hybridized carbons (Fsp3) is 0.375. The largest absolute Gasteiger partial charge is 0.326 e. The van der Waals surface area contributed by atoms with Crippen molar-refractivity contribution in [1.82, 2.24) is 15.1 Å². The number of piperidine rings is 1. The number of rotatable bonds is 4. The molecule has 1 fully saturated rings. The Labute approximate surface area is 136 Å². The molecule has 0 saturated carbocycles. The van der Waals surface area contributed by atoms with Gasteiger partial charge in [0, 0.05) is 24.6 Å². The Morgan fingerprint density at radius 3 is 2.82 bits per heavy atom. The van der Waals surface area contributed by atoms with Crippen molar-refractivity contribution < 1.29 is 4.79 Å². The molecule has 1 amide bonds. The number of aromatic nitrogens is 2. The number of benzene rings is 1. The minimum Gasteiger partial charge on any atom is -0.326 e. The molecule has 1 saturated heterocycles. The maximum absolute atomic E-state index is 12.1. The van der Waals surface area contributed by atoms with Gasteiger partial charge >= 0.3 is 0 Å². The van der Waals surface area contributed by atoms with Crippen LogP contribution in [0.4, 0.5) is 5.69 Å². The highest BCUT2D eigenvalue weighted by Gasteiger charge is 2.20. The van der Waals surface area contributed by atoms with Crippen LogP contribution in [0.2, 0.25) is 0 Å². The van der Waals surface area contributed by atoms with E-state index in [1.807, 2.05) is 41.2 Å². The van der Waals surface area contributed by atoms with Gasteiger partial charge < -0.3 is 10.6 Å². The number of hydrogen-bond donors (Lipinski definition) is 2. The number of anilines is 1. The van der Waals surface area contributed by atoms with Crippen molar-refractivity contribution in [3.05, 3.63) is 48.3 Å². The number of carbonyl (C=O) groups is 1. The molecule has 3 rings (SSSR count). The van der Waals surface area contributed by atoms with Crippen LogP contribution in [0.5, 0.6) is 0 Å². The minimum atomic E-state index is 0. The summed E-state index contributed by atoms with van der Waals surface area (Å²) >= 11 is 0. The Morgan fingerprint density at radius 1 is 1.36 bits per heavy atom. The highest BCUT2D eigenvalue weighted by molar-refractivity contribution is 5.92. The molecular formula is C16H21ClN4O. The summed E-state index contributed by atoms with van der Waals surface area (Å²) < 4.78 is 1.88. The number of nitrogens with zero attached hydrogens (tertiary/aromatic N) is 2. The van der Waals surface area contributed by atoms with Crippen LogP contribution in [0.25, 0.3) is 0 Å². The van der Waals surface area contributed by atoms with E-state index in [4.69, 9.17) is 0 Å². The van der Waals surface area contributed by atoms with E-state index in [1.54, 1.807) is 6.20 Å². The molecule has 1 aromatic carbocycles. The second-order valence-electron chi connectivity index (χ2n) is 5.43. The van der Waals surface area contributed by atoms with Gasteiger partial charge in [0.25, 0.3) is 0 Å². The molecule has 118 valence electrons. The summed E-state index contributed by atoms with van der Waals surface area (Å²) in [7, 11) is 0. The monoisotopic (exact) mass is 320 g/mol. The smallest absolute Gasteiger partial charge is 0.228 e. The first-order valence-corrected chi connectivity index (χ1v) is 7.39. The van der Waals surface area contributed by atoms with Crippen molar-refractivity contribution in [3.8, 4) is 0 Å². The summed E-state index contributed by atoms with van der Waals surface area (Å²) in [6.07, 6.45) is 5.75. The van der Waals surface area contributed by atoms with E-state index in [0.29, 0.717) is 0 Å². The van der Waals surface area contributed by atoms with Gasteiger partial charge in [-0.1, -0.05) is 12.1 Å². The fourth-order valence-corrected chi connectivity index (χ4v) is 2.59. The van der Waals surface area contributed by atoms with Crippen LogP contribution in [-0.2, 0) is 11.3 Å². The lowest BCUT2D eigenvalue weighted by Crippen LogP contribution is -2.37.